The van der Waals surface area contributed by atoms with Gasteiger partial charge in [0.1, 0.15) is 5.82 Å². The highest BCUT2D eigenvalue weighted by atomic mass is 19.1. The minimum atomic E-state index is -0.252. The van der Waals surface area contributed by atoms with Crippen molar-refractivity contribution in [3.05, 3.63) is 84.2 Å². The van der Waals surface area contributed by atoms with Crippen molar-refractivity contribution >= 4 is 10.9 Å². The SMILES string of the molecule is Cc1ccc(-n2nc3ccc(F)cc3c2-c2ccccc2)cc1. The monoisotopic (exact) mass is 302 g/mol. The van der Waals surface area contributed by atoms with Crippen molar-refractivity contribution < 1.29 is 4.39 Å². The molecule has 0 spiro atoms. The molecular weight excluding hydrogens is 287 g/mol. The summed E-state index contributed by atoms with van der Waals surface area (Å²) in [6.07, 6.45) is 0. The highest BCUT2D eigenvalue weighted by Crippen LogP contribution is 2.31. The smallest absolute Gasteiger partial charge is 0.124 e. The Morgan fingerprint density at radius 3 is 2.35 bits per heavy atom. The summed E-state index contributed by atoms with van der Waals surface area (Å²) in [6.45, 7) is 2.05. The molecule has 4 aromatic rings. The fourth-order valence-corrected chi connectivity index (χ4v) is 2.80. The molecule has 0 aliphatic rings. The second-order valence-electron chi connectivity index (χ2n) is 5.62. The lowest BCUT2D eigenvalue weighted by Crippen LogP contribution is -1.98. The maximum atomic E-state index is 13.8. The normalized spacial score (nSPS) is 11.0. The zero-order valence-corrected chi connectivity index (χ0v) is 12.7. The van der Waals surface area contributed by atoms with Gasteiger partial charge < -0.3 is 0 Å². The molecule has 0 radical (unpaired) electrons. The topological polar surface area (TPSA) is 17.8 Å². The molecule has 23 heavy (non-hydrogen) atoms. The van der Waals surface area contributed by atoms with E-state index in [0.29, 0.717) is 0 Å². The van der Waals surface area contributed by atoms with Crippen molar-refractivity contribution in [3.63, 3.8) is 0 Å². The lowest BCUT2D eigenvalue weighted by molar-refractivity contribution is 0.630. The predicted molar refractivity (Wildman–Crippen MR) is 91.2 cm³/mol. The third-order valence-corrected chi connectivity index (χ3v) is 3.96. The Morgan fingerprint density at radius 2 is 1.61 bits per heavy atom. The molecule has 112 valence electrons. The van der Waals surface area contributed by atoms with Gasteiger partial charge in [0, 0.05) is 10.9 Å². The Morgan fingerprint density at radius 1 is 0.870 bits per heavy atom. The minimum Gasteiger partial charge on any atom is -0.232 e. The minimum absolute atomic E-state index is 0.252. The number of rotatable bonds is 2. The molecule has 1 aromatic heterocycles. The van der Waals surface area contributed by atoms with Gasteiger partial charge in [-0.3, -0.25) is 0 Å². The van der Waals surface area contributed by atoms with Crippen LogP contribution in [0.1, 0.15) is 5.56 Å². The second kappa shape index (κ2) is 5.36. The molecule has 0 bridgehead atoms. The molecule has 0 amide bonds. The lowest BCUT2D eigenvalue weighted by atomic mass is 10.1. The van der Waals surface area contributed by atoms with Crippen molar-refractivity contribution in [2.24, 2.45) is 0 Å². The third-order valence-electron chi connectivity index (χ3n) is 3.96. The van der Waals surface area contributed by atoms with Crippen molar-refractivity contribution in [1.29, 1.82) is 0 Å². The summed E-state index contributed by atoms with van der Waals surface area (Å²) in [5.74, 6) is -0.252. The van der Waals surface area contributed by atoms with Crippen LogP contribution in [-0.2, 0) is 0 Å². The second-order valence-corrected chi connectivity index (χ2v) is 5.62. The number of nitrogens with zero attached hydrogens (tertiary/aromatic N) is 2. The van der Waals surface area contributed by atoms with Crippen LogP contribution in [0.4, 0.5) is 4.39 Å². The molecule has 4 rings (SSSR count). The van der Waals surface area contributed by atoms with Crippen LogP contribution in [0.3, 0.4) is 0 Å². The summed E-state index contributed by atoms with van der Waals surface area (Å²) < 4.78 is 15.6. The first-order valence-corrected chi connectivity index (χ1v) is 7.53. The van der Waals surface area contributed by atoms with E-state index < -0.39 is 0 Å². The highest BCUT2D eigenvalue weighted by molar-refractivity contribution is 5.94. The van der Waals surface area contributed by atoms with Crippen LogP contribution in [0.25, 0.3) is 27.8 Å². The largest absolute Gasteiger partial charge is 0.232 e. The van der Waals surface area contributed by atoms with Gasteiger partial charge in [-0.05, 0) is 37.3 Å². The predicted octanol–water partition coefficient (Wildman–Crippen LogP) is 5.14. The summed E-state index contributed by atoms with van der Waals surface area (Å²) in [5.41, 5.74) is 4.86. The number of halogens is 1. The van der Waals surface area contributed by atoms with E-state index in [4.69, 9.17) is 0 Å². The molecular formula is C20H15FN2. The Balaban J connectivity index is 2.05. The first-order valence-electron chi connectivity index (χ1n) is 7.53. The summed E-state index contributed by atoms with van der Waals surface area (Å²) in [4.78, 5) is 0. The van der Waals surface area contributed by atoms with Gasteiger partial charge in [-0.2, -0.15) is 5.10 Å². The molecule has 2 nitrogen and oxygen atoms in total. The van der Waals surface area contributed by atoms with E-state index in [2.05, 4.69) is 24.2 Å². The van der Waals surface area contributed by atoms with Crippen LogP contribution < -0.4 is 0 Å². The molecule has 0 N–H and O–H groups in total. The van der Waals surface area contributed by atoms with E-state index in [9.17, 15) is 4.39 Å². The van der Waals surface area contributed by atoms with E-state index in [1.807, 2.05) is 47.1 Å². The van der Waals surface area contributed by atoms with Crippen LogP contribution in [0, 0.1) is 12.7 Å². The van der Waals surface area contributed by atoms with Gasteiger partial charge in [0.2, 0.25) is 0 Å². The van der Waals surface area contributed by atoms with Gasteiger partial charge in [-0.25, -0.2) is 9.07 Å². The van der Waals surface area contributed by atoms with Crippen molar-refractivity contribution in [1.82, 2.24) is 9.78 Å². The van der Waals surface area contributed by atoms with Crippen LogP contribution >= 0.6 is 0 Å². The van der Waals surface area contributed by atoms with E-state index >= 15 is 0 Å². The molecule has 0 aliphatic heterocycles. The number of hydrogen-bond acceptors (Lipinski definition) is 1. The number of hydrogen-bond donors (Lipinski definition) is 0. The quantitative estimate of drug-likeness (QED) is 0.501. The number of benzene rings is 3. The van der Waals surface area contributed by atoms with Crippen LogP contribution in [0.15, 0.2) is 72.8 Å². The molecule has 3 heteroatoms. The van der Waals surface area contributed by atoms with E-state index in [1.54, 1.807) is 12.1 Å². The zero-order valence-electron chi connectivity index (χ0n) is 12.7. The van der Waals surface area contributed by atoms with Crippen LogP contribution in [0.5, 0.6) is 0 Å². The maximum Gasteiger partial charge on any atom is 0.124 e. The molecule has 0 aliphatic carbocycles. The Hall–Kier alpha value is -2.94. The highest BCUT2D eigenvalue weighted by Gasteiger charge is 2.15. The first-order chi connectivity index (χ1) is 11.2. The zero-order chi connectivity index (χ0) is 15.8. The van der Waals surface area contributed by atoms with Gasteiger partial charge >= 0.3 is 0 Å². The summed E-state index contributed by atoms with van der Waals surface area (Å²) in [5, 5.41) is 5.50. The van der Waals surface area contributed by atoms with Gasteiger partial charge in [0.25, 0.3) is 0 Å². The molecule has 0 unspecified atom stereocenters. The molecule has 0 saturated carbocycles. The summed E-state index contributed by atoms with van der Waals surface area (Å²) >= 11 is 0. The van der Waals surface area contributed by atoms with Crippen molar-refractivity contribution in [2.75, 3.05) is 0 Å². The summed E-state index contributed by atoms with van der Waals surface area (Å²) in [7, 11) is 0. The van der Waals surface area contributed by atoms with Gasteiger partial charge in [-0.1, -0.05) is 48.0 Å². The third kappa shape index (κ3) is 2.40. The van der Waals surface area contributed by atoms with Gasteiger partial charge in [0.05, 0.1) is 16.9 Å². The molecule has 0 fully saturated rings. The van der Waals surface area contributed by atoms with E-state index in [0.717, 1.165) is 27.8 Å². The molecule has 1 heterocycles. The Labute approximate surface area is 133 Å². The standard InChI is InChI=1S/C20H15FN2/c1-14-7-10-17(11-8-14)23-20(15-5-3-2-4-6-15)18-13-16(21)9-12-19(18)22-23/h2-13H,1H3. The Bertz CT molecular complexity index is 970. The fourth-order valence-electron chi connectivity index (χ4n) is 2.80. The molecule has 0 saturated heterocycles. The van der Waals surface area contributed by atoms with Crippen molar-refractivity contribution in [2.45, 2.75) is 6.92 Å². The molecule has 0 atom stereocenters. The van der Waals surface area contributed by atoms with Crippen molar-refractivity contribution in [3.8, 4) is 16.9 Å². The van der Waals surface area contributed by atoms with Crippen LogP contribution in [0.2, 0.25) is 0 Å². The average molecular weight is 302 g/mol. The van der Waals surface area contributed by atoms with Crippen LogP contribution in [-0.4, -0.2) is 9.78 Å². The van der Waals surface area contributed by atoms with Gasteiger partial charge in [-0.15, -0.1) is 0 Å². The van der Waals surface area contributed by atoms with E-state index in [-0.39, 0.29) is 5.82 Å². The van der Waals surface area contributed by atoms with Gasteiger partial charge in [0.15, 0.2) is 0 Å². The Kier molecular flexibility index (Phi) is 3.19. The lowest BCUT2D eigenvalue weighted by Gasteiger charge is -2.08. The fraction of sp³-hybridized carbons (Fsp3) is 0.0500. The number of aromatic nitrogens is 2. The number of fused-ring (bicyclic) bond motifs is 1. The number of aryl methyl sites for hydroxylation is 1. The molecule has 3 aromatic carbocycles. The average Bonchev–Trinajstić information content (AvgIpc) is 2.95. The first kappa shape index (κ1) is 13.7. The van der Waals surface area contributed by atoms with E-state index in [1.165, 1.54) is 11.6 Å². The summed E-state index contributed by atoms with van der Waals surface area (Å²) in [6, 6.07) is 22.9. The maximum absolute atomic E-state index is 13.8.